The van der Waals surface area contributed by atoms with Crippen LogP contribution in [0.5, 0.6) is 0 Å². The van der Waals surface area contributed by atoms with E-state index in [0.717, 1.165) is 11.8 Å². The van der Waals surface area contributed by atoms with Crippen LogP contribution in [-0.2, 0) is 9.84 Å². The summed E-state index contributed by atoms with van der Waals surface area (Å²) in [5.41, 5.74) is 1.48. The molecule has 0 heterocycles. The van der Waals surface area contributed by atoms with E-state index in [4.69, 9.17) is 0 Å². The Morgan fingerprint density at radius 2 is 1.67 bits per heavy atom. The maximum atomic E-state index is 11.7. The summed E-state index contributed by atoms with van der Waals surface area (Å²) in [6, 6.07) is 6.89. The summed E-state index contributed by atoms with van der Waals surface area (Å²) in [5, 5.41) is -0.972. The number of rotatable bonds is 3. The van der Waals surface area contributed by atoms with Crippen molar-refractivity contribution >= 4 is 15.6 Å². The third-order valence-electron chi connectivity index (χ3n) is 2.35. The molecule has 0 radical (unpaired) electrons. The normalized spacial score (nSPS) is 13.5. The molecule has 0 amide bonds. The standard InChI is InChI=1S/C11H14O3S/c1-8-4-6-10(7-5-8)11(12)9(2)15(3,13)14/h4-7,9H,1-3H3. The highest BCUT2D eigenvalue weighted by Crippen LogP contribution is 2.10. The monoisotopic (exact) mass is 226 g/mol. The zero-order chi connectivity index (χ0) is 11.6. The average Bonchev–Trinajstić information content (AvgIpc) is 2.15. The van der Waals surface area contributed by atoms with Gasteiger partial charge in [0.25, 0.3) is 0 Å². The Bertz CT molecular complexity index is 457. The molecule has 0 spiro atoms. The highest BCUT2D eigenvalue weighted by molar-refractivity contribution is 7.92. The molecule has 1 aromatic rings. The highest BCUT2D eigenvalue weighted by atomic mass is 32.2. The van der Waals surface area contributed by atoms with E-state index in [9.17, 15) is 13.2 Å². The van der Waals surface area contributed by atoms with Crippen molar-refractivity contribution in [3.05, 3.63) is 35.4 Å². The molecule has 4 heteroatoms. The molecule has 1 rings (SSSR count). The molecule has 1 unspecified atom stereocenters. The first kappa shape index (κ1) is 11.9. The largest absolute Gasteiger partial charge is 0.293 e. The lowest BCUT2D eigenvalue weighted by Crippen LogP contribution is -2.26. The molecular weight excluding hydrogens is 212 g/mol. The van der Waals surface area contributed by atoms with E-state index in [0.29, 0.717) is 5.56 Å². The molecule has 0 aliphatic carbocycles. The van der Waals surface area contributed by atoms with Crippen LogP contribution in [0.3, 0.4) is 0 Å². The van der Waals surface area contributed by atoms with Gasteiger partial charge in [-0.05, 0) is 13.8 Å². The fourth-order valence-electron chi connectivity index (χ4n) is 1.15. The second-order valence-corrected chi connectivity index (χ2v) is 6.07. The fourth-order valence-corrected chi connectivity index (χ4v) is 1.67. The van der Waals surface area contributed by atoms with Crippen LogP contribution in [0.1, 0.15) is 22.8 Å². The van der Waals surface area contributed by atoms with Crippen molar-refractivity contribution < 1.29 is 13.2 Å². The zero-order valence-electron chi connectivity index (χ0n) is 9.02. The summed E-state index contributed by atoms with van der Waals surface area (Å²) in [6.45, 7) is 3.33. The molecule has 0 aliphatic heterocycles. The van der Waals surface area contributed by atoms with Gasteiger partial charge in [0.15, 0.2) is 15.6 Å². The number of aryl methyl sites for hydroxylation is 1. The lowest BCUT2D eigenvalue weighted by molar-refractivity contribution is 0.0991. The molecule has 3 nitrogen and oxygen atoms in total. The second kappa shape index (κ2) is 4.14. The van der Waals surface area contributed by atoms with Crippen LogP contribution in [0, 0.1) is 6.92 Å². The molecule has 0 aromatic heterocycles. The molecule has 0 saturated carbocycles. The Kier molecular flexibility index (Phi) is 3.29. The van der Waals surface area contributed by atoms with Crippen molar-refractivity contribution in [1.29, 1.82) is 0 Å². The van der Waals surface area contributed by atoms with E-state index in [1.807, 2.05) is 6.92 Å². The van der Waals surface area contributed by atoms with Gasteiger partial charge in [-0.1, -0.05) is 29.8 Å². The maximum Gasteiger partial charge on any atom is 0.180 e. The summed E-state index contributed by atoms with van der Waals surface area (Å²) >= 11 is 0. The van der Waals surface area contributed by atoms with Crippen LogP contribution in [0.4, 0.5) is 0 Å². The SMILES string of the molecule is Cc1ccc(C(=O)C(C)S(C)(=O)=O)cc1. The van der Waals surface area contributed by atoms with Gasteiger partial charge in [0.2, 0.25) is 0 Å². The maximum absolute atomic E-state index is 11.7. The van der Waals surface area contributed by atoms with E-state index in [1.54, 1.807) is 24.3 Å². The van der Waals surface area contributed by atoms with Crippen LogP contribution < -0.4 is 0 Å². The lowest BCUT2D eigenvalue weighted by atomic mass is 10.1. The minimum atomic E-state index is -3.31. The number of ketones is 1. The van der Waals surface area contributed by atoms with E-state index in [1.165, 1.54) is 6.92 Å². The number of hydrogen-bond donors (Lipinski definition) is 0. The molecule has 0 N–H and O–H groups in total. The van der Waals surface area contributed by atoms with Gasteiger partial charge in [-0.2, -0.15) is 0 Å². The van der Waals surface area contributed by atoms with Gasteiger partial charge >= 0.3 is 0 Å². The molecular formula is C11H14O3S. The first-order chi connectivity index (χ1) is 6.82. The van der Waals surface area contributed by atoms with Crippen LogP contribution in [0.25, 0.3) is 0 Å². The first-order valence-electron chi connectivity index (χ1n) is 4.62. The van der Waals surface area contributed by atoms with Gasteiger partial charge in [0.05, 0.1) is 0 Å². The predicted octanol–water partition coefficient (Wildman–Crippen LogP) is 1.61. The van der Waals surface area contributed by atoms with Gasteiger partial charge in [0.1, 0.15) is 5.25 Å². The van der Waals surface area contributed by atoms with Gasteiger partial charge in [-0.25, -0.2) is 8.42 Å². The van der Waals surface area contributed by atoms with Crippen LogP contribution in [-0.4, -0.2) is 25.7 Å². The number of sulfone groups is 1. The van der Waals surface area contributed by atoms with E-state index >= 15 is 0 Å². The van der Waals surface area contributed by atoms with Crippen molar-refractivity contribution in [3.63, 3.8) is 0 Å². The third kappa shape index (κ3) is 2.89. The quantitative estimate of drug-likeness (QED) is 0.736. The molecule has 1 aromatic carbocycles. The Morgan fingerprint density at radius 3 is 2.07 bits per heavy atom. The lowest BCUT2D eigenvalue weighted by Gasteiger charge is -2.08. The summed E-state index contributed by atoms with van der Waals surface area (Å²) in [7, 11) is -3.31. The average molecular weight is 226 g/mol. The molecule has 15 heavy (non-hydrogen) atoms. The number of benzene rings is 1. The molecule has 0 fully saturated rings. The van der Waals surface area contributed by atoms with Crippen LogP contribution >= 0.6 is 0 Å². The number of carbonyl (C=O) groups is 1. The minimum absolute atomic E-state index is 0.350. The first-order valence-corrected chi connectivity index (χ1v) is 6.57. The summed E-state index contributed by atoms with van der Waals surface area (Å²) in [5.74, 6) is -0.350. The minimum Gasteiger partial charge on any atom is -0.293 e. The predicted molar refractivity (Wildman–Crippen MR) is 59.8 cm³/mol. The number of hydrogen-bond acceptors (Lipinski definition) is 3. The Hall–Kier alpha value is -1.16. The van der Waals surface area contributed by atoms with E-state index in [2.05, 4.69) is 0 Å². The van der Waals surface area contributed by atoms with Crippen molar-refractivity contribution in [2.75, 3.05) is 6.26 Å². The molecule has 82 valence electrons. The number of carbonyl (C=O) groups excluding carboxylic acids is 1. The topological polar surface area (TPSA) is 51.2 Å². The van der Waals surface area contributed by atoms with E-state index in [-0.39, 0.29) is 5.78 Å². The van der Waals surface area contributed by atoms with Gasteiger partial charge in [-0.3, -0.25) is 4.79 Å². The Balaban J connectivity index is 3.01. The molecule has 0 aliphatic rings. The van der Waals surface area contributed by atoms with Crippen molar-refractivity contribution in [1.82, 2.24) is 0 Å². The van der Waals surface area contributed by atoms with Gasteiger partial charge in [0, 0.05) is 11.8 Å². The van der Waals surface area contributed by atoms with Gasteiger partial charge < -0.3 is 0 Å². The summed E-state index contributed by atoms with van der Waals surface area (Å²) < 4.78 is 22.4. The summed E-state index contributed by atoms with van der Waals surface area (Å²) in [6.07, 6.45) is 1.07. The fraction of sp³-hybridized carbons (Fsp3) is 0.364. The van der Waals surface area contributed by atoms with Crippen molar-refractivity contribution in [2.45, 2.75) is 19.1 Å². The highest BCUT2D eigenvalue weighted by Gasteiger charge is 2.24. The molecule has 0 bridgehead atoms. The van der Waals surface area contributed by atoms with Crippen molar-refractivity contribution in [3.8, 4) is 0 Å². The Labute approximate surface area is 90.0 Å². The zero-order valence-corrected chi connectivity index (χ0v) is 9.84. The third-order valence-corrected chi connectivity index (χ3v) is 3.85. The second-order valence-electron chi connectivity index (χ2n) is 3.70. The molecule has 1 atom stereocenters. The van der Waals surface area contributed by atoms with Gasteiger partial charge in [-0.15, -0.1) is 0 Å². The Morgan fingerprint density at radius 1 is 1.20 bits per heavy atom. The van der Waals surface area contributed by atoms with Crippen molar-refractivity contribution in [2.24, 2.45) is 0 Å². The van der Waals surface area contributed by atoms with Crippen LogP contribution in [0.2, 0.25) is 0 Å². The van der Waals surface area contributed by atoms with Crippen LogP contribution in [0.15, 0.2) is 24.3 Å². The molecule has 0 saturated heterocycles. The summed E-state index contributed by atoms with van der Waals surface area (Å²) in [4.78, 5) is 11.7. The number of Topliss-reactive ketones (excluding diaryl/α,β-unsaturated/α-hetero) is 1. The smallest absolute Gasteiger partial charge is 0.180 e. The van der Waals surface area contributed by atoms with E-state index < -0.39 is 15.1 Å².